The molecule has 1 heterocycles. The molecule has 2 aromatic rings. The van der Waals surface area contributed by atoms with Gasteiger partial charge < -0.3 is 9.73 Å². The Morgan fingerprint density at radius 1 is 1.23 bits per heavy atom. The number of hydrogen-bond donors (Lipinski definition) is 1. The van der Waals surface area contributed by atoms with E-state index in [0.717, 1.165) is 17.1 Å². The Morgan fingerprint density at radius 3 is 2.59 bits per heavy atom. The van der Waals surface area contributed by atoms with Crippen LogP contribution in [0.25, 0.3) is 0 Å². The maximum atomic E-state index is 12.2. The number of carbonyl (C=O) groups is 1. The van der Waals surface area contributed by atoms with Crippen LogP contribution >= 0.6 is 0 Å². The summed E-state index contributed by atoms with van der Waals surface area (Å²) in [5.74, 6) is 1.78. The average Bonchev–Trinajstić information content (AvgIpc) is 2.83. The summed E-state index contributed by atoms with van der Waals surface area (Å²) in [6, 6.07) is 12.0. The van der Waals surface area contributed by atoms with E-state index in [9.17, 15) is 4.79 Å². The normalized spacial score (nSPS) is 12.4. The molecule has 0 unspecified atom stereocenters. The zero-order valence-electron chi connectivity index (χ0n) is 13.7. The molecule has 0 bridgehead atoms. The molecule has 0 radical (unpaired) electrons. The summed E-state index contributed by atoms with van der Waals surface area (Å²) in [6.45, 7) is 6.95. The van der Waals surface area contributed by atoms with E-state index in [-0.39, 0.29) is 11.9 Å². The van der Waals surface area contributed by atoms with Crippen molar-refractivity contribution in [2.24, 2.45) is 0 Å². The third-order valence-electron chi connectivity index (χ3n) is 3.67. The predicted octanol–water partition coefficient (Wildman–Crippen LogP) is 3.21. The Balaban J connectivity index is 1.85. The van der Waals surface area contributed by atoms with Gasteiger partial charge in [0, 0.05) is 0 Å². The van der Waals surface area contributed by atoms with Gasteiger partial charge in [-0.25, -0.2) is 0 Å². The number of benzene rings is 1. The van der Waals surface area contributed by atoms with E-state index in [1.165, 1.54) is 5.56 Å². The fourth-order valence-corrected chi connectivity index (χ4v) is 2.57. The molecule has 4 heteroatoms. The van der Waals surface area contributed by atoms with Crippen molar-refractivity contribution in [2.45, 2.75) is 33.4 Å². The number of rotatable bonds is 6. The maximum absolute atomic E-state index is 12.2. The molecular weight excluding hydrogens is 276 g/mol. The van der Waals surface area contributed by atoms with E-state index < -0.39 is 0 Å². The first-order valence-electron chi connectivity index (χ1n) is 7.54. The summed E-state index contributed by atoms with van der Waals surface area (Å²) in [5.41, 5.74) is 2.34. The van der Waals surface area contributed by atoms with E-state index in [1.54, 1.807) is 0 Å². The molecule has 1 atom stereocenters. The lowest BCUT2D eigenvalue weighted by atomic mass is 10.0. The second kappa shape index (κ2) is 7.27. The maximum Gasteiger partial charge on any atom is 0.234 e. The molecule has 1 N–H and O–H groups in total. The smallest absolute Gasteiger partial charge is 0.234 e. The van der Waals surface area contributed by atoms with Crippen LogP contribution < -0.4 is 5.32 Å². The van der Waals surface area contributed by atoms with E-state index in [4.69, 9.17) is 4.42 Å². The van der Waals surface area contributed by atoms with Crippen LogP contribution in [0.1, 0.15) is 35.6 Å². The van der Waals surface area contributed by atoms with Crippen LogP contribution in [0.4, 0.5) is 0 Å². The minimum Gasteiger partial charge on any atom is -0.465 e. The van der Waals surface area contributed by atoms with Gasteiger partial charge in [0.2, 0.25) is 5.91 Å². The quantitative estimate of drug-likeness (QED) is 0.891. The van der Waals surface area contributed by atoms with Crippen molar-refractivity contribution in [3.05, 3.63) is 59.0 Å². The molecule has 22 heavy (non-hydrogen) atoms. The summed E-state index contributed by atoms with van der Waals surface area (Å²) < 4.78 is 5.53. The highest BCUT2D eigenvalue weighted by Crippen LogP contribution is 2.16. The number of hydrogen-bond acceptors (Lipinski definition) is 3. The van der Waals surface area contributed by atoms with Crippen molar-refractivity contribution in [2.75, 3.05) is 13.6 Å². The predicted molar refractivity (Wildman–Crippen MR) is 87.5 cm³/mol. The van der Waals surface area contributed by atoms with E-state index in [2.05, 4.69) is 24.4 Å². The van der Waals surface area contributed by atoms with Gasteiger partial charge in [0.15, 0.2) is 0 Å². The van der Waals surface area contributed by atoms with Crippen LogP contribution in [0.2, 0.25) is 0 Å². The molecule has 1 aromatic heterocycles. The van der Waals surface area contributed by atoms with E-state index in [1.807, 2.05) is 50.1 Å². The summed E-state index contributed by atoms with van der Waals surface area (Å²) in [6.07, 6.45) is 0. The van der Waals surface area contributed by atoms with Crippen molar-refractivity contribution in [1.82, 2.24) is 10.2 Å². The van der Waals surface area contributed by atoms with Crippen LogP contribution in [-0.4, -0.2) is 24.4 Å². The molecule has 4 nitrogen and oxygen atoms in total. The van der Waals surface area contributed by atoms with Crippen molar-refractivity contribution in [3.8, 4) is 0 Å². The van der Waals surface area contributed by atoms with Gasteiger partial charge in [-0.1, -0.05) is 24.3 Å². The molecular formula is C18H24N2O2. The summed E-state index contributed by atoms with van der Waals surface area (Å²) in [4.78, 5) is 14.1. The summed E-state index contributed by atoms with van der Waals surface area (Å²) >= 11 is 0. The Kier molecular flexibility index (Phi) is 5.39. The average molecular weight is 300 g/mol. The summed E-state index contributed by atoms with van der Waals surface area (Å²) in [5, 5.41) is 3.05. The number of carbonyl (C=O) groups excluding carboxylic acids is 1. The fraction of sp³-hybridized carbons (Fsp3) is 0.389. The lowest BCUT2D eigenvalue weighted by Gasteiger charge is -2.19. The highest BCUT2D eigenvalue weighted by molar-refractivity contribution is 5.78. The first-order valence-corrected chi connectivity index (χ1v) is 7.54. The molecule has 0 fully saturated rings. The largest absolute Gasteiger partial charge is 0.465 e. The van der Waals surface area contributed by atoms with Crippen LogP contribution in [0, 0.1) is 13.8 Å². The third-order valence-corrected chi connectivity index (χ3v) is 3.67. The summed E-state index contributed by atoms with van der Waals surface area (Å²) in [7, 11) is 1.91. The van der Waals surface area contributed by atoms with Gasteiger partial charge in [-0.3, -0.25) is 9.69 Å². The van der Waals surface area contributed by atoms with Gasteiger partial charge in [0.05, 0.1) is 19.1 Å². The lowest BCUT2D eigenvalue weighted by Crippen LogP contribution is -2.36. The van der Waals surface area contributed by atoms with Crippen molar-refractivity contribution in [1.29, 1.82) is 0 Å². The molecule has 0 aliphatic carbocycles. The zero-order valence-corrected chi connectivity index (χ0v) is 13.7. The van der Waals surface area contributed by atoms with Crippen molar-refractivity contribution < 1.29 is 9.21 Å². The molecule has 1 amide bonds. The molecule has 0 saturated heterocycles. The minimum absolute atomic E-state index is 0.00737. The van der Waals surface area contributed by atoms with Crippen LogP contribution in [0.15, 0.2) is 40.8 Å². The first kappa shape index (κ1) is 16.3. The number of likely N-dealkylation sites (N-methyl/N-ethyl adjacent to an activating group) is 1. The van der Waals surface area contributed by atoms with Crippen LogP contribution in [-0.2, 0) is 11.3 Å². The van der Waals surface area contributed by atoms with Gasteiger partial charge in [0.25, 0.3) is 0 Å². The molecule has 2 rings (SSSR count). The van der Waals surface area contributed by atoms with Gasteiger partial charge in [0.1, 0.15) is 11.5 Å². The molecule has 0 saturated carbocycles. The van der Waals surface area contributed by atoms with Crippen molar-refractivity contribution >= 4 is 5.91 Å². The van der Waals surface area contributed by atoms with Gasteiger partial charge in [-0.2, -0.15) is 0 Å². The second-order valence-electron chi connectivity index (χ2n) is 5.83. The molecule has 118 valence electrons. The Hall–Kier alpha value is -2.07. The number of aryl methyl sites for hydroxylation is 2. The SMILES string of the molecule is Cc1ccc(CN(C)CC(=O)N[C@@H](C)c2ccccc2C)o1. The van der Waals surface area contributed by atoms with Gasteiger partial charge in [-0.15, -0.1) is 0 Å². The van der Waals surface area contributed by atoms with Crippen molar-refractivity contribution in [3.63, 3.8) is 0 Å². The second-order valence-corrected chi connectivity index (χ2v) is 5.83. The Bertz CT molecular complexity index is 634. The minimum atomic E-state index is 0.00737. The first-order chi connectivity index (χ1) is 10.5. The number of nitrogens with zero attached hydrogens (tertiary/aromatic N) is 1. The van der Waals surface area contributed by atoms with Gasteiger partial charge in [-0.05, 0) is 51.1 Å². The topological polar surface area (TPSA) is 45.5 Å². The molecule has 0 spiro atoms. The number of amides is 1. The van der Waals surface area contributed by atoms with E-state index in [0.29, 0.717) is 13.1 Å². The fourth-order valence-electron chi connectivity index (χ4n) is 2.57. The Morgan fingerprint density at radius 2 is 1.95 bits per heavy atom. The lowest BCUT2D eigenvalue weighted by molar-refractivity contribution is -0.122. The number of furan rings is 1. The highest BCUT2D eigenvalue weighted by atomic mass is 16.3. The third kappa shape index (κ3) is 4.46. The molecule has 1 aromatic carbocycles. The van der Waals surface area contributed by atoms with Gasteiger partial charge >= 0.3 is 0 Å². The van der Waals surface area contributed by atoms with Crippen LogP contribution in [0.5, 0.6) is 0 Å². The Labute approximate surface area is 132 Å². The number of nitrogens with one attached hydrogen (secondary N) is 1. The highest BCUT2D eigenvalue weighted by Gasteiger charge is 2.13. The van der Waals surface area contributed by atoms with Crippen LogP contribution in [0.3, 0.4) is 0 Å². The molecule has 0 aliphatic rings. The monoisotopic (exact) mass is 300 g/mol. The zero-order chi connectivity index (χ0) is 16.1. The molecule has 0 aliphatic heterocycles. The van der Waals surface area contributed by atoms with E-state index >= 15 is 0 Å². The standard InChI is InChI=1S/C18H24N2O2/c1-13-7-5-6-8-17(13)15(3)19-18(21)12-20(4)11-16-10-9-14(2)22-16/h5-10,15H,11-12H2,1-4H3,(H,19,21)/t15-/m0/s1.